The fourth-order valence-electron chi connectivity index (χ4n) is 4.43. The second-order valence-electron chi connectivity index (χ2n) is 11.1. The molecule has 4 atom stereocenters. The monoisotopic (exact) mass is 610 g/mol. The fraction of sp³-hybridized carbons (Fsp3) is 0.529. The van der Waals surface area contributed by atoms with Crippen LogP contribution in [-0.2, 0) is 32.3 Å². The van der Waals surface area contributed by atoms with Crippen LogP contribution in [0.25, 0.3) is 0 Å². The molecule has 0 heterocycles. The fourth-order valence-corrected chi connectivity index (χ4v) is 4.43. The molecular formula is C34H50N4O6. The van der Waals surface area contributed by atoms with Gasteiger partial charge in [-0.3, -0.25) is 9.59 Å². The maximum atomic E-state index is 12.8. The van der Waals surface area contributed by atoms with Gasteiger partial charge in [0.25, 0.3) is 0 Å². The van der Waals surface area contributed by atoms with Crippen molar-refractivity contribution in [2.45, 2.75) is 91.5 Å². The summed E-state index contributed by atoms with van der Waals surface area (Å²) in [6, 6.07) is 17.4. The molecule has 10 nitrogen and oxygen atoms in total. The van der Waals surface area contributed by atoms with Crippen molar-refractivity contribution in [2.24, 2.45) is 11.8 Å². The summed E-state index contributed by atoms with van der Waals surface area (Å²) < 4.78 is 10.6. The second kappa shape index (κ2) is 20.8. The lowest BCUT2D eigenvalue weighted by atomic mass is 9.98. The number of hydrogen-bond donors (Lipinski definition) is 4. The molecule has 0 bridgehead atoms. The van der Waals surface area contributed by atoms with Crippen LogP contribution in [0.2, 0.25) is 0 Å². The van der Waals surface area contributed by atoms with E-state index in [-0.39, 0.29) is 36.9 Å². The van der Waals surface area contributed by atoms with Crippen LogP contribution < -0.4 is 21.3 Å². The molecule has 4 amide bonds. The van der Waals surface area contributed by atoms with Gasteiger partial charge < -0.3 is 30.7 Å². The molecule has 0 saturated heterocycles. The van der Waals surface area contributed by atoms with Gasteiger partial charge in [-0.15, -0.1) is 0 Å². The van der Waals surface area contributed by atoms with Crippen molar-refractivity contribution in [1.29, 1.82) is 0 Å². The van der Waals surface area contributed by atoms with E-state index < -0.39 is 24.3 Å². The van der Waals surface area contributed by atoms with Gasteiger partial charge in [-0.05, 0) is 35.8 Å². The van der Waals surface area contributed by atoms with E-state index in [0.717, 1.165) is 49.7 Å². The summed E-state index contributed by atoms with van der Waals surface area (Å²) in [5.74, 6) is -0.562. The van der Waals surface area contributed by atoms with Crippen molar-refractivity contribution in [1.82, 2.24) is 21.3 Å². The van der Waals surface area contributed by atoms with Crippen molar-refractivity contribution in [3.05, 3.63) is 71.8 Å². The lowest BCUT2D eigenvalue weighted by Gasteiger charge is -2.23. The molecule has 0 aromatic heterocycles. The van der Waals surface area contributed by atoms with Crippen LogP contribution in [0.5, 0.6) is 0 Å². The van der Waals surface area contributed by atoms with Gasteiger partial charge in [0.05, 0.1) is 0 Å². The van der Waals surface area contributed by atoms with Gasteiger partial charge in [-0.1, -0.05) is 114 Å². The summed E-state index contributed by atoms with van der Waals surface area (Å²) in [5.41, 5.74) is 1.75. The van der Waals surface area contributed by atoms with Crippen molar-refractivity contribution in [2.75, 3.05) is 13.1 Å². The molecule has 0 spiro atoms. The zero-order valence-electron chi connectivity index (χ0n) is 26.6. The van der Waals surface area contributed by atoms with Crippen LogP contribution in [-0.4, -0.2) is 49.2 Å². The minimum absolute atomic E-state index is 0.0534. The van der Waals surface area contributed by atoms with Gasteiger partial charge in [-0.2, -0.15) is 0 Å². The van der Waals surface area contributed by atoms with E-state index in [2.05, 4.69) is 21.3 Å². The Labute approximate surface area is 262 Å². The van der Waals surface area contributed by atoms with Crippen molar-refractivity contribution in [3.8, 4) is 0 Å². The first kappa shape index (κ1) is 36.1. The number of alkyl carbamates (subject to hydrolysis) is 2. The highest BCUT2D eigenvalue weighted by Gasteiger charge is 2.27. The Balaban J connectivity index is 1.65. The van der Waals surface area contributed by atoms with Crippen molar-refractivity contribution in [3.63, 3.8) is 0 Å². The molecule has 4 unspecified atom stereocenters. The molecule has 2 aromatic carbocycles. The minimum Gasteiger partial charge on any atom is -0.445 e. The maximum Gasteiger partial charge on any atom is 0.408 e. The van der Waals surface area contributed by atoms with Gasteiger partial charge in [0.1, 0.15) is 25.3 Å². The second-order valence-corrected chi connectivity index (χ2v) is 11.1. The molecule has 4 N–H and O–H groups in total. The molecule has 0 aliphatic carbocycles. The molecule has 0 aliphatic rings. The van der Waals surface area contributed by atoms with E-state index in [4.69, 9.17) is 9.47 Å². The van der Waals surface area contributed by atoms with E-state index >= 15 is 0 Å². The third kappa shape index (κ3) is 13.9. The molecule has 44 heavy (non-hydrogen) atoms. The van der Waals surface area contributed by atoms with Crippen molar-refractivity contribution < 1.29 is 28.7 Å². The molecule has 0 fully saturated rings. The van der Waals surface area contributed by atoms with Crippen LogP contribution in [0, 0.1) is 11.8 Å². The molecule has 0 radical (unpaired) electrons. The Morgan fingerprint density at radius 3 is 1.30 bits per heavy atom. The van der Waals surface area contributed by atoms with E-state index in [9.17, 15) is 19.2 Å². The lowest BCUT2D eigenvalue weighted by Crippen LogP contribution is -2.50. The first-order valence-corrected chi connectivity index (χ1v) is 15.7. The molecule has 10 heteroatoms. The van der Waals surface area contributed by atoms with E-state index in [1.807, 2.05) is 88.4 Å². The zero-order valence-corrected chi connectivity index (χ0v) is 26.6. The smallest absolute Gasteiger partial charge is 0.408 e. The summed E-state index contributed by atoms with van der Waals surface area (Å²) in [6.07, 6.45) is 3.50. The summed E-state index contributed by atoms with van der Waals surface area (Å²) in [4.78, 5) is 50.3. The third-order valence-corrected chi connectivity index (χ3v) is 7.67. The summed E-state index contributed by atoms with van der Waals surface area (Å²) in [6.45, 7) is 9.04. The number of unbranched alkanes of at least 4 members (excludes halogenated alkanes) is 3. The lowest BCUT2D eigenvalue weighted by molar-refractivity contribution is -0.125. The van der Waals surface area contributed by atoms with E-state index in [0.29, 0.717) is 13.1 Å². The number of rotatable bonds is 19. The van der Waals surface area contributed by atoms with Crippen LogP contribution in [0.15, 0.2) is 60.7 Å². The van der Waals surface area contributed by atoms with Gasteiger partial charge in [-0.25, -0.2) is 9.59 Å². The number of amides is 4. The summed E-state index contributed by atoms with van der Waals surface area (Å²) in [7, 11) is 0. The Kier molecular flexibility index (Phi) is 17.0. The highest BCUT2D eigenvalue weighted by molar-refractivity contribution is 5.86. The number of carbonyl (C=O) groups is 4. The predicted molar refractivity (Wildman–Crippen MR) is 170 cm³/mol. The molecule has 2 rings (SSSR count). The van der Waals surface area contributed by atoms with Crippen molar-refractivity contribution >= 4 is 24.0 Å². The standard InChI is InChI=1S/C34H50N4O6/c1-5-25(3)29(37-33(41)43-23-27-17-11-9-12-18-27)31(39)35-21-15-7-8-16-22-36-32(40)30(26(4)6-2)38-34(42)44-24-28-19-13-10-14-20-28/h9-14,17-20,25-26,29-30H,5-8,15-16,21-24H2,1-4H3,(H,35,39)(H,36,40)(H,37,41)(H,38,42). The van der Waals surface area contributed by atoms with Crippen LogP contribution in [0.1, 0.15) is 77.3 Å². The molecule has 0 aliphatic heterocycles. The topological polar surface area (TPSA) is 135 Å². The number of benzene rings is 2. The predicted octanol–water partition coefficient (Wildman–Crippen LogP) is 5.46. The highest BCUT2D eigenvalue weighted by atomic mass is 16.6. The van der Waals surface area contributed by atoms with Crippen LogP contribution in [0.4, 0.5) is 9.59 Å². The van der Waals surface area contributed by atoms with Gasteiger partial charge in [0.15, 0.2) is 0 Å². The number of ether oxygens (including phenoxy) is 2. The van der Waals surface area contributed by atoms with Gasteiger partial charge >= 0.3 is 12.2 Å². The average Bonchev–Trinajstić information content (AvgIpc) is 3.05. The van der Waals surface area contributed by atoms with Gasteiger partial charge in [0.2, 0.25) is 11.8 Å². The molecule has 0 saturated carbocycles. The number of carbonyl (C=O) groups excluding carboxylic acids is 4. The number of nitrogens with one attached hydrogen (secondary N) is 4. The Bertz CT molecular complexity index is 1040. The van der Waals surface area contributed by atoms with E-state index in [1.54, 1.807) is 0 Å². The Morgan fingerprint density at radius 2 is 0.955 bits per heavy atom. The molecule has 2 aromatic rings. The quantitative estimate of drug-likeness (QED) is 0.156. The summed E-state index contributed by atoms with van der Waals surface area (Å²) >= 11 is 0. The summed E-state index contributed by atoms with van der Waals surface area (Å²) in [5, 5.41) is 11.3. The first-order chi connectivity index (χ1) is 21.2. The van der Waals surface area contributed by atoms with E-state index in [1.165, 1.54) is 0 Å². The Morgan fingerprint density at radius 1 is 0.591 bits per heavy atom. The largest absolute Gasteiger partial charge is 0.445 e. The highest BCUT2D eigenvalue weighted by Crippen LogP contribution is 2.11. The SMILES string of the molecule is CCC(C)C(NC(=O)OCc1ccccc1)C(=O)NCCCCCCNC(=O)C(NC(=O)OCc1ccccc1)C(C)CC. The number of hydrogen-bond acceptors (Lipinski definition) is 6. The average molecular weight is 611 g/mol. The first-order valence-electron chi connectivity index (χ1n) is 15.7. The van der Waals surface area contributed by atoms with Crippen LogP contribution >= 0.6 is 0 Å². The maximum absolute atomic E-state index is 12.8. The van der Waals surface area contributed by atoms with Gasteiger partial charge in [0, 0.05) is 13.1 Å². The third-order valence-electron chi connectivity index (χ3n) is 7.67. The molecular weight excluding hydrogens is 560 g/mol. The minimum atomic E-state index is -0.679. The van der Waals surface area contributed by atoms with Crippen LogP contribution in [0.3, 0.4) is 0 Å². The molecule has 242 valence electrons. The normalized spacial score (nSPS) is 13.5. The zero-order chi connectivity index (χ0) is 32.2. The Hall–Kier alpha value is -4.08.